The first-order valence-electron chi connectivity index (χ1n) is 9.62. The molecule has 3 aromatic rings. The molecular formula is C22H25N5O. The van der Waals surface area contributed by atoms with Crippen LogP contribution in [0.3, 0.4) is 0 Å². The number of ether oxygens (including phenoxy) is 1. The van der Waals surface area contributed by atoms with Gasteiger partial charge in [-0.05, 0) is 60.9 Å². The lowest BCUT2D eigenvalue weighted by Gasteiger charge is -2.18. The predicted octanol–water partition coefficient (Wildman–Crippen LogP) is 4.44. The van der Waals surface area contributed by atoms with Crippen molar-refractivity contribution in [2.24, 2.45) is 0 Å². The molecule has 1 aliphatic heterocycles. The van der Waals surface area contributed by atoms with Crippen molar-refractivity contribution in [3.05, 3.63) is 66.4 Å². The monoisotopic (exact) mass is 375 g/mol. The second-order valence-corrected chi connectivity index (χ2v) is 6.83. The molecule has 6 nitrogen and oxygen atoms in total. The highest BCUT2D eigenvalue weighted by Gasteiger charge is 2.11. The van der Waals surface area contributed by atoms with Crippen LogP contribution in [0.15, 0.2) is 60.8 Å². The van der Waals surface area contributed by atoms with Gasteiger partial charge in [-0.25, -0.2) is 4.98 Å². The lowest BCUT2D eigenvalue weighted by atomic mass is 10.2. The van der Waals surface area contributed by atoms with Gasteiger partial charge in [0.15, 0.2) is 0 Å². The van der Waals surface area contributed by atoms with Crippen molar-refractivity contribution >= 4 is 23.1 Å². The van der Waals surface area contributed by atoms with Crippen LogP contribution < -0.4 is 20.3 Å². The average Bonchev–Trinajstić information content (AvgIpc) is 3.28. The molecule has 2 heterocycles. The second-order valence-electron chi connectivity index (χ2n) is 6.83. The summed E-state index contributed by atoms with van der Waals surface area (Å²) in [5.41, 5.74) is 3.44. The standard InChI is InChI=1S/C22H25N5O/c1-28-20-10-4-17(5-11-20)16-24-22-23-13-12-21(26-22)25-18-6-8-19(9-7-18)27-14-2-3-15-27/h4-13H,2-3,14-16H2,1H3,(H2,23,24,25,26). The number of rotatable bonds is 7. The van der Waals surface area contributed by atoms with Gasteiger partial charge in [0.1, 0.15) is 11.6 Å². The molecule has 1 fully saturated rings. The van der Waals surface area contributed by atoms with Crippen LogP contribution in [0.4, 0.5) is 23.1 Å². The quantitative estimate of drug-likeness (QED) is 0.636. The van der Waals surface area contributed by atoms with Crippen molar-refractivity contribution < 1.29 is 4.74 Å². The Kier molecular flexibility index (Phi) is 5.56. The van der Waals surface area contributed by atoms with Crippen LogP contribution in [-0.2, 0) is 6.54 Å². The Morgan fingerprint density at radius 1 is 0.964 bits per heavy atom. The number of nitrogens with zero attached hydrogens (tertiary/aromatic N) is 3. The third-order valence-electron chi connectivity index (χ3n) is 4.88. The Bertz CT molecular complexity index is 890. The van der Waals surface area contributed by atoms with Crippen LogP contribution in [0.1, 0.15) is 18.4 Å². The molecule has 28 heavy (non-hydrogen) atoms. The Labute approximate surface area is 165 Å². The fourth-order valence-corrected chi connectivity index (χ4v) is 3.32. The fraction of sp³-hybridized carbons (Fsp3) is 0.273. The van der Waals surface area contributed by atoms with Gasteiger partial charge in [0.2, 0.25) is 5.95 Å². The molecule has 2 N–H and O–H groups in total. The highest BCUT2D eigenvalue weighted by molar-refractivity contribution is 5.61. The van der Waals surface area contributed by atoms with Crippen molar-refractivity contribution in [3.8, 4) is 5.75 Å². The first-order chi connectivity index (χ1) is 13.8. The third-order valence-corrected chi connectivity index (χ3v) is 4.88. The van der Waals surface area contributed by atoms with Gasteiger partial charge < -0.3 is 20.3 Å². The molecular weight excluding hydrogens is 350 g/mol. The first-order valence-corrected chi connectivity index (χ1v) is 9.62. The summed E-state index contributed by atoms with van der Waals surface area (Å²) >= 11 is 0. The minimum atomic E-state index is 0.592. The molecule has 1 saturated heterocycles. The van der Waals surface area contributed by atoms with E-state index in [0.717, 1.165) is 35.9 Å². The van der Waals surface area contributed by atoms with Crippen LogP contribution in [0.5, 0.6) is 5.75 Å². The van der Waals surface area contributed by atoms with Gasteiger partial charge >= 0.3 is 0 Å². The number of benzene rings is 2. The predicted molar refractivity (Wildman–Crippen MR) is 114 cm³/mol. The summed E-state index contributed by atoms with van der Waals surface area (Å²) < 4.78 is 5.18. The molecule has 144 valence electrons. The van der Waals surface area contributed by atoms with E-state index in [2.05, 4.69) is 49.8 Å². The summed E-state index contributed by atoms with van der Waals surface area (Å²) in [6.45, 7) is 2.96. The molecule has 0 amide bonds. The largest absolute Gasteiger partial charge is 0.497 e. The topological polar surface area (TPSA) is 62.3 Å². The summed E-state index contributed by atoms with van der Waals surface area (Å²) in [6.07, 6.45) is 4.32. The van der Waals surface area contributed by atoms with Crippen LogP contribution in [0.25, 0.3) is 0 Å². The fourth-order valence-electron chi connectivity index (χ4n) is 3.32. The summed E-state index contributed by atoms with van der Waals surface area (Å²) in [6, 6.07) is 18.3. The zero-order valence-electron chi connectivity index (χ0n) is 16.1. The Balaban J connectivity index is 1.36. The van der Waals surface area contributed by atoms with E-state index in [1.54, 1.807) is 13.3 Å². The highest BCUT2D eigenvalue weighted by atomic mass is 16.5. The number of hydrogen-bond acceptors (Lipinski definition) is 6. The number of methoxy groups -OCH3 is 1. The van der Waals surface area contributed by atoms with E-state index >= 15 is 0 Å². The smallest absolute Gasteiger partial charge is 0.224 e. The van der Waals surface area contributed by atoms with E-state index in [1.807, 2.05) is 30.3 Å². The van der Waals surface area contributed by atoms with Gasteiger partial charge in [0.25, 0.3) is 0 Å². The number of hydrogen-bond donors (Lipinski definition) is 2. The molecule has 0 radical (unpaired) electrons. The van der Waals surface area contributed by atoms with Gasteiger partial charge in [0.05, 0.1) is 7.11 Å². The normalized spacial score (nSPS) is 13.4. The van der Waals surface area contributed by atoms with Gasteiger partial charge in [-0.15, -0.1) is 0 Å². The Hall–Kier alpha value is -3.28. The highest BCUT2D eigenvalue weighted by Crippen LogP contribution is 2.23. The minimum Gasteiger partial charge on any atom is -0.497 e. The summed E-state index contributed by atoms with van der Waals surface area (Å²) in [5, 5.41) is 6.61. The van der Waals surface area contributed by atoms with Gasteiger partial charge in [-0.1, -0.05) is 12.1 Å². The zero-order chi connectivity index (χ0) is 19.2. The van der Waals surface area contributed by atoms with E-state index in [1.165, 1.54) is 18.5 Å². The molecule has 1 aromatic heterocycles. The maximum Gasteiger partial charge on any atom is 0.224 e. The number of nitrogens with one attached hydrogen (secondary N) is 2. The molecule has 0 spiro atoms. The average molecular weight is 375 g/mol. The van der Waals surface area contributed by atoms with E-state index in [0.29, 0.717) is 12.5 Å². The number of anilines is 4. The van der Waals surface area contributed by atoms with Gasteiger partial charge in [-0.3, -0.25) is 0 Å². The third kappa shape index (κ3) is 4.52. The van der Waals surface area contributed by atoms with Crippen molar-refractivity contribution in [3.63, 3.8) is 0 Å². The van der Waals surface area contributed by atoms with Crippen LogP contribution in [-0.4, -0.2) is 30.2 Å². The maximum absolute atomic E-state index is 5.18. The van der Waals surface area contributed by atoms with Gasteiger partial charge in [-0.2, -0.15) is 4.98 Å². The summed E-state index contributed by atoms with van der Waals surface area (Å²) in [5.74, 6) is 2.21. The molecule has 4 rings (SSSR count). The van der Waals surface area contributed by atoms with Crippen LogP contribution in [0, 0.1) is 0 Å². The summed E-state index contributed by atoms with van der Waals surface area (Å²) in [4.78, 5) is 11.3. The van der Waals surface area contributed by atoms with E-state index in [-0.39, 0.29) is 0 Å². The zero-order valence-corrected chi connectivity index (χ0v) is 16.1. The molecule has 0 saturated carbocycles. The Morgan fingerprint density at radius 2 is 1.71 bits per heavy atom. The summed E-state index contributed by atoms with van der Waals surface area (Å²) in [7, 11) is 1.67. The Morgan fingerprint density at radius 3 is 2.43 bits per heavy atom. The maximum atomic E-state index is 5.18. The van der Waals surface area contributed by atoms with Crippen LogP contribution >= 0.6 is 0 Å². The SMILES string of the molecule is COc1ccc(CNc2nccc(Nc3ccc(N4CCCC4)cc3)n2)cc1. The van der Waals surface area contributed by atoms with E-state index in [9.17, 15) is 0 Å². The van der Waals surface area contributed by atoms with Crippen molar-refractivity contribution in [1.82, 2.24) is 9.97 Å². The lowest BCUT2D eigenvalue weighted by molar-refractivity contribution is 0.414. The first kappa shape index (κ1) is 18.1. The van der Waals surface area contributed by atoms with E-state index in [4.69, 9.17) is 4.74 Å². The molecule has 0 bridgehead atoms. The molecule has 0 aliphatic carbocycles. The van der Waals surface area contributed by atoms with Crippen molar-refractivity contribution in [2.45, 2.75) is 19.4 Å². The molecule has 6 heteroatoms. The minimum absolute atomic E-state index is 0.592. The van der Waals surface area contributed by atoms with Crippen molar-refractivity contribution in [1.29, 1.82) is 0 Å². The molecule has 2 aromatic carbocycles. The molecule has 0 unspecified atom stereocenters. The number of aromatic nitrogens is 2. The van der Waals surface area contributed by atoms with Crippen LogP contribution in [0.2, 0.25) is 0 Å². The van der Waals surface area contributed by atoms with E-state index < -0.39 is 0 Å². The van der Waals surface area contributed by atoms with Crippen molar-refractivity contribution in [2.75, 3.05) is 35.7 Å². The lowest BCUT2D eigenvalue weighted by Crippen LogP contribution is -2.17. The molecule has 1 aliphatic rings. The molecule has 0 atom stereocenters. The van der Waals surface area contributed by atoms with Gasteiger partial charge in [0, 0.05) is 37.2 Å². The second kappa shape index (κ2) is 8.61.